The molecule has 0 aliphatic carbocycles. The lowest BCUT2D eigenvalue weighted by atomic mass is 10.1. The van der Waals surface area contributed by atoms with Crippen molar-refractivity contribution in [3.63, 3.8) is 0 Å². The highest BCUT2D eigenvalue weighted by atomic mass is 79.9. The third-order valence-electron chi connectivity index (χ3n) is 3.54. The van der Waals surface area contributed by atoms with Crippen LogP contribution in [0.2, 0.25) is 0 Å². The van der Waals surface area contributed by atoms with E-state index in [9.17, 15) is 9.59 Å². The van der Waals surface area contributed by atoms with Crippen LogP contribution in [0, 0.1) is 6.92 Å². The Morgan fingerprint density at radius 3 is 2.57 bits per heavy atom. The molecule has 0 aliphatic rings. The Hall–Kier alpha value is -1.98. The number of hydrogen-bond donors (Lipinski definition) is 2. The molecule has 0 bridgehead atoms. The van der Waals surface area contributed by atoms with Crippen LogP contribution < -0.4 is 10.6 Å². The van der Waals surface area contributed by atoms with Crippen LogP contribution in [0.25, 0.3) is 0 Å². The maximum absolute atomic E-state index is 12.4. The predicted octanol–water partition coefficient (Wildman–Crippen LogP) is 3.36. The summed E-state index contributed by atoms with van der Waals surface area (Å²) in [5, 5.41) is 11.0. The van der Waals surface area contributed by atoms with E-state index in [0.29, 0.717) is 33.6 Å². The van der Waals surface area contributed by atoms with Crippen molar-refractivity contribution < 1.29 is 19.1 Å². The summed E-state index contributed by atoms with van der Waals surface area (Å²) in [6.07, 6.45) is 3.55. The van der Waals surface area contributed by atoms with Gasteiger partial charge in [0.2, 0.25) is 0 Å². The molecular weight excluding hydrogens is 468 g/mol. The van der Waals surface area contributed by atoms with Crippen LogP contribution in [0.15, 0.2) is 16.9 Å². The van der Waals surface area contributed by atoms with Gasteiger partial charge >= 0.3 is 11.9 Å². The van der Waals surface area contributed by atoms with Crippen LogP contribution in [0.3, 0.4) is 0 Å². The average Bonchev–Trinajstić information content (AvgIpc) is 3.18. The molecule has 0 aliphatic heterocycles. The van der Waals surface area contributed by atoms with Crippen molar-refractivity contribution in [2.75, 3.05) is 25.1 Å². The number of thiocarbonyl (C=S) groups is 1. The molecule has 11 heteroatoms. The van der Waals surface area contributed by atoms with Crippen molar-refractivity contribution in [2.24, 2.45) is 0 Å². The molecule has 0 fully saturated rings. The van der Waals surface area contributed by atoms with Gasteiger partial charge in [-0.1, -0.05) is 0 Å². The van der Waals surface area contributed by atoms with E-state index in [-0.39, 0.29) is 18.8 Å². The van der Waals surface area contributed by atoms with Gasteiger partial charge in [0.1, 0.15) is 9.88 Å². The molecule has 0 saturated heterocycles. The first-order valence-electron chi connectivity index (χ1n) is 8.57. The summed E-state index contributed by atoms with van der Waals surface area (Å²) in [6.45, 7) is 6.75. The molecular formula is C17H21BrN4O4S2. The van der Waals surface area contributed by atoms with Crippen molar-refractivity contribution >= 4 is 61.5 Å². The molecule has 0 aromatic carbocycles. The lowest BCUT2D eigenvalue weighted by Crippen LogP contribution is -2.31. The van der Waals surface area contributed by atoms with E-state index in [1.165, 1.54) is 0 Å². The van der Waals surface area contributed by atoms with Gasteiger partial charge in [-0.3, -0.25) is 4.68 Å². The van der Waals surface area contributed by atoms with E-state index >= 15 is 0 Å². The van der Waals surface area contributed by atoms with Crippen molar-refractivity contribution in [3.05, 3.63) is 32.9 Å². The number of anilines is 1. The SMILES string of the molecule is CCOC(=O)c1sc(NC(=S)NCCn2cc(Br)cn2)c(C(=O)OCC)c1C. The number of carbonyl (C=O) groups excluding carboxylic acids is 2. The molecule has 0 unspecified atom stereocenters. The fourth-order valence-corrected chi connectivity index (χ4v) is 4.02. The zero-order chi connectivity index (χ0) is 20.7. The van der Waals surface area contributed by atoms with Crippen LogP contribution >= 0.6 is 39.5 Å². The lowest BCUT2D eigenvalue weighted by molar-refractivity contribution is 0.0527. The highest BCUT2D eigenvalue weighted by Gasteiger charge is 2.26. The van der Waals surface area contributed by atoms with E-state index in [1.807, 2.05) is 6.20 Å². The zero-order valence-electron chi connectivity index (χ0n) is 15.7. The summed E-state index contributed by atoms with van der Waals surface area (Å²) in [4.78, 5) is 24.9. The number of nitrogens with one attached hydrogen (secondary N) is 2. The highest BCUT2D eigenvalue weighted by molar-refractivity contribution is 9.10. The van der Waals surface area contributed by atoms with Gasteiger partial charge in [0.15, 0.2) is 5.11 Å². The summed E-state index contributed by atoms with van der Waals surface area (Å²) in [7, 11) is 0. The summed E-state index contributed by atoms with van der Waals surface area (Å²) in [5.74, 6) is -0.995. The molecule has 2 N–H and O–H groups in total. The molecule has 0 amide bonds. The number of nitrogens with zero attached hydrogens (tertiary/aromatic N) is 2. The van der Waals surface area contributed by atoms with Crippen molar-refractivity contribution in [1.29, 1.82) is 0 Å². The average molecular weight is 489 g/mol. The number of hydrogen-bond acceptors (Lipinski definition) is 7. The van der Waals surface area contributed by atoms with Crippen LogP contribution in [0.5, 0.6) is 0 Å². The Bertz CT molecular complexity index is 865. The Kier molecular flexibility index (Phi) is 8.39. The first-order chi connectivity index (χ1) is 13.4. The lowest BCUT2D eigenvalue weighted by Gasteiger charge is -2.11. The van der Waals surface area contributed by atoms with Crippen molar-refractivity contribution in [1.82, 2.24) is 15.1 Å². The molecule has 0 atom stereocenters. The Balaban J connectivity index is 2.10. The topological polar surface area (TPSA) is 94.5 Å². The minimum absolute atomic E-state index is 0.227. The van der Waals surface area contributed by atoms with Gasteiger partial charge in [0, 0.05) is 12.7 Å². The number of ether oxygens (including phenoxy) is 2. The van der Waals surface area contributed by atoms with Crippen LogP contribution in [-0.2, 0) is 16.0 Å². The fourth-order valence-electron chi connectivity index (χ4n) is 2.33. The minimum Gasteiger partial charge on any atom is -0.462 e. The van der Waals surface area contributed by atoms with Gasteiger partial charge in [-0.25, -0.2) is 9.59 Å². The molecule has 2 aromatic heterocycles. The number of esters is 2. The van der Waals surface area contributed by atoms with E-state index in [4.69, 9.17) is 21.7 Å². The minimum atomic E-state index is -0.515. The number of rotatable bonds is 8. The molecule has 28 heavy (non-hydrogen) atoms. The van der Waals surface area contributed by atoms with E-state index in [0.717, 1.165) is 15.8 Å². The van der Waals surface area contributed by atoms with E-state index in [1.54, 1.807) is 31.6 Å². The van der Waals surface area contributed by atoms with Gasteiger partial charge < -0.3 is 20.1 Å². The Labute approximate surface area is 180 Å². The predicted molar refractivity (Wildman–Crippen MR) is 115 cm³/mol. The third kappa shape index (κ3) is 5.76. The molecule has 0 radical (unpaired) electrons. The molecule has 8 nitrogen and oxygen atoms in total. The second-order valence-corrected chi connectivity index (χ2v) is 7.85. The summed E-state index contributed by atoms with van der Waals surface area (Å²) >= 11 is 9.77. The summed E-state index contributed by atoms with van der Waals surface area (Å²) in [5.41, 5.74) is 0.795. The molecule has 0 saturated carbocycles. The molecule has 0 spiro atoms. The Morgan fingerprint density at radius 2 is 1.96 bits per heavy atom. The molecule has 2 aromatic rings. The van der Waals surface area contributed by atoms with Crippen LogP contribution in [-0.4, -0.2) is 46.6 Å². The van der Waals surface area contributed by atoms with E-state index in [2.05, 4.69) is 31.7 Å². The van der Waals surface area contributed by atoms with Gasteiger partial charge in [0.25, 0.3) is 0 Å². The maximum atomic E-state index is 12.4. The number of carbonyl (C=O) groups is 2. The first-order valence-corrected chi connectivity index (χ1v) is 10.6. The molecule has 152 valence electrons. The number of aromatic nitrogens is 2. The van der Waals surface area contributed by atoms with Gasteiger partial charge in [-0.05, 0) is 54.5 Å². The van der Waals surface area contributed by atoms with Gasteiger partial charge in [-0.2, -0.15) is 5.10 Å². The molecule has 2 rings (SSSR count). The Morgan fingerprint density at radius 1 is 1.29 bits per heavy atom. The van der Waals surface area contributed by atoms with Gasteiger partial charge in [-0.15, -0.1) is 11.3 Å². The molecule has 2 heterocycles. The first kappa shape index (κ1) is 22.3. The van der Waals surface area contributed by atoms with Crippen LogP contribution in [0.4, 0.5) is 5.00 Å². The normalized spacial score (nSPS) is 10.4. The van der Waals surface area contributed by atoms with Crippen LogP contribution in [0.1, 0.15) is 39.4 Å². The third-order valence-corrected chi connectivity index (χ3v) is 5.39. The highest BCUT2D eigenvalue weighted by Crippen LogP contribution is 2.34. The van der Waals surface area contributed by atoms with Crippen molar-refractivity contribution in [2.45, 2.75) is 27.3 Å². The monoisotopic (exact) mass is 488 g/mol. The quantitative estimate of drug-likeness (QED) is 0.431. The summed E-state index contributed by atoms with van der Waals surface area (Å²) in [6, 6.07) is 0. The smallest absolute Gasteiger partial charge is 0.348 e. The fraction of sp³-hybridized carbons (Fsp3) is 0.412. The van der Waals surface area contributed by atoms with E-state index < -0.39 is 11.9 Å². The standard InChI is InChI=1S/C17H21BrN4O4S2/c1-4-25-15(23)12-10(3)13(16(24)26-5-2)28-14(12)21-17(27)19-6-7-22-9-11(18)8-20-22/h8-9H,4-7H2,1-3H3,(H2,19,21,27). The van der Waals surface area contributed by atoms with Gasteiger partial charge in [0.05, 0.1) is 36.0 Å². The summed E-state index contributed by atoms with van der Waals surface area (Å²) < 4.78 is 12.8. The maximum Gasteiger partial charge on any atom is 0.348 e. The second-order valence-electron chi connectivity index (χ2n) is 5.50. The number of thiophene rings is 1. The number of halogens is 1. The zero-order valence-corrected chi connectivity index (χ0v) is 18.9. The second kappa shape index (κ2) is 10.5. The van der Waals surface area contributed by atoms with Crippen molar-refractivity contribution in [3.8, 4) is 0 Å². The largest absolute Gasteiger partial charge is 0.462 e.